The fourth-order valence-electron chi connectivity index (χ4n) is 2.47. The smallest absolute Gasteiger partial charge is 0.220 e. The molecule has 2 N–H and O–H groups in total. The van der Waals surface area contributed by atoms with Gasteiger partial charge >= 0.3 is 0 Å². The summed E-state index contributed by atoms with van der Waals surface area (Å²) >= 11 is 0. The van der Waals surface area contributed by atoms with E-state index in [4.69, 9.17) is 4.74 Å². The predicted molar refractivity (Wildman–Crippen MR) is 79.7 cm³/mol. The molecule has 1 amide bonds. The van der Waals surface area contributed by atoms with E-state index < -0.39 is 11.6 Å². The summed E-state index contributed by atoms with van der Waals surface area (Å²) in [7, 11) is 0. The lowest BCUT2D eigenvalue weighted by Crippen LogP contribution is -2.50. The average molecular weight is 312 g/mol. The molecule has 1 saturated heterocycles. The Morgan fingerprint density at radius 1 is 1.45 bits per heavy atom. The Labute approximate surface area is 129 Å². The second-order valence-electron chi connectivity index (χ2n) is 5.67. The van der Waals surface area contributed by atoms with Crippen molar-refractivity contribution in [1.29, 1.82) is 0 Å². The van der Waals surface area contributed by atoms with Gasteiger partial charge in [-0.05, 0) is 37.4 Å². The summed E-state index contributed by atoms with van der Waals surface area (Å²) in [6.07, 6.45) is 1.86. The Kier molecular flexibility index (Phi) is 6.12. The minimum Gasteiger partial charge on any atom is -0.491 e. The first-order chi connectivity index (χ1) is 10.6. The first-order valence-electron chi connectivity index (χ1n) is 7.64. The molecule has 22 heavy (non-hydrogen) atoms. The van der Waals surface area contributed by atoms with Crippen LogP contribution in [0.2, 0.25) is 0 Å². The van der Waals surface area contributed by atoms with Gasteiger partial charge in [-0.1, -0.05) is 6.92 Å². The molecule has 1 aliphatic rings. The largest absolute Gasteiger partial charge is 0.491 e. The summed E-state index contributed by atoms with van der Waals surface area (Å²) in [6, 6.07) is 3.33. The molecule has 2 unspecified atom stereocenters. The molecule has 122 valence electrons. The molecule has 6 heteroatoms. The third-order valence-electron chi connectivity index (χ3n) is 3.87. The zero-order chi connectivity index (χ0) is 15.9. The molecule has 2 rings (SSSR count). The normalized spacial score (nSPS) is 21.4. The zero-order valence-electron chi connectivity index (χ0n) is 12.7. The van der Waals surface area contributed by atoms with Gasteiger partial charge in [0.1, 0.15) is 5.82 Å². The van der Waals surface area contributed by atoms with Crippen LogP contribution in [0.3, 0.4) is 0 Å². The summed E-state index contributed by atoms with van der Waals surface area (Å²) in [4.78, 5) is 11.9. The standard InChI is InChI=1S/C16H22F2N2O2/c1-11-6-7-19-10-14(11)20-16(21)3-2-8-22-15-5-4-12(17)9-13(15)18/h4-5,9,11,14,19H,2-3,6-8,10H2,1H3,(H,20,21). The van der Waals surface area contributed by atoms with E-state index in [2.05, 4.69) is 17.6 Å². The van der Waals surface area contributed by atoms with Gasteiger partial charge in [0.25, 0.3) is 0 Å². The maximum Gasteiger partial charge on any atom is 0.220 e. The predicted octanol–water partition coefficient (Wildman–Crippen LogP) is 2.24. The zero-order valence-corrected chi connectivity index (χ0v) is 12.7. The summed E-state index contributed by atoms with van der Waals surface area (Å²) in [6.45, 7) is 4.13. The maximum atomic E-state index is 13.3. The Morgan fingerprint density at radius 3 is 3.00 bits per heavy atom. The van der Waals surface area contributed by atoms with Crippen molar-refractivity contribution < 1.29 is 18.3 Å². The van der Waals surface area contributed by atoms with Gasteiger partial charge in [0.2, 0.25) is 5.91 Å². The second kappa shape index (κ2) is 8.08. The highest BCUT2D eigenvalue weighted by Crippen LogP contribution is 2.18. The SMILES string of the molecule is CC1CCNCC1NC(=O)CCCOc1ccc(F)cc1F. The molecule has 4 nitrogen and oxygen atoms in total. The van der Waals surface area contributed by atoms with E-state index in [-0.39, 0.29) is 24.3 Å². The second-order valence-corrected chi connectivity index (χ2v) is 5.67. The molecule has 0 aliphatic carbocycles. The van der Waals surface area contributed by atoms with Crippen molar-refractivity contribution in [2.45, 2.75) is 32.2 Å². The van der Waals surface area contributed by atoms with Crippen LogP contribution in [0.25, 0.3) is 0 Å². The number of amides is 1. The quantitative estimate of drug-likeness (QED) is 0.792. The number of piperidine rings is 1. The number of ether oxygens (including phenoxy) is 1. The van der Waals surface area contributed by atoms with E-state index in [1.54, 1.807) is 0 Å². The van der Waals surface area contributed by atoms with Crippen LogP contribution in [0.5, 0.6) is 5.75 Å². The van der Waals surface area contributed by atoms with Crippen molar-refractivity contribution >= 4 is 5.91 Å². The minimum atomic E-state index is -0.730. The molecular formula is C16H22F2N2O2. The van der Waals surface area contributed by atoms with Crippen molar-refractivity contribution in [3.05, 3.63) is 29.8 Å². The molecule has 2 atom stereocenters. The van der Waals surface area contributed by atoms with Gasteiger partial charge in [0.05, 0.1) is 6.61 Å². The molecular weight excluding hydrogens is 290 g/mol. The topological polar surface area (TPSA) is 50.4 Å². The summed E-state index contributed by atoms with van der Waals surface area (Å²) in [5, 5.41) is 6.26. The van der Waals surface area contributed by atoms with Crippen LogP contribution in [-0.4, -0.2) is 31.6 Å². The van der Waals surface area contributed by atoms with Crippen LogP contribution in [0.4, 0.5) is 8.78 Å². The lowest BCUT2D eigenvalue weighted by molar-refractivity contribution is -0.122. The van der Waals surface area contributed by atoms with E-state index in [0.717, 1.165) is 31.6 Å². The molecule has 0 spiro atoms. The lowest BCUT2D eigenvalue weighted by Gasteiger charge is -2.30. The number of carbonyl (C=O) groups excluding carboxylic acids is 1. The van der Waals surface area contributed by atoms with Crippen molar-refractivity contribution in [2.24, 2.45) is 5.92 Å². The maximum absolute atomic E-state index is 13.3. The monoisotopic (exact) mass is 312 g/mol. The van der Waals surface area contributed by atoms with Crippen LogP contribution in [-0.2, 0) is 4.79 Å². The summed E-state index contributed by atoms with van der Waals surface area (Å²) in [5.41, 5.74) is 0. The Bertz CT molecular complexity index is 511. The first kappa shape index (κ1) is 16.7. The summed E-state index contributed by atoms with van der Waals surface area (Å²) < 4.78 is 31.3. The van der Waals surface area contributed by atoms with Gasteiger partial charge in [-0.25, -0.2) is 8.78 Å². The van der Waals surface area contributed by atoms with Crippen LogP contribution in [0, 0.1) is 17.6 Å². The molecule has 1 heterocycles. The van der Waals surface area contributed by atoms with Gasteiger partial charge in [-0.15, -0.1) is 0 Å². The number of nitrogens with one attached hydrogen (secondary N) is 2. The van der Waals surface area contributed by atoms with Crippen LogP contribution >= 0.6 is 0 Å². The van der Waals surface area contributed by atoms with E-state index in [9.17, 15) is 13.6 Å². The lowest BCUT2D eigenvalue weighted by atomic mass is 9.95. The molecule has 1 aliphatic heterocycles. The Hall–Kier alpha value is -1.69. The fraction of sp³-hybridized carbons (Fsp3) is 0.562. The molecule has 1 aromatic carbocycles. The number of carbonyl (C=O) groups is 1. The van der Waals surface area contributed by atoms with Crippen LogP contribution in [0.1, 0.15) is 26.2 Å². The number of benzene rings is 1. The van der Waals surface area contributed by atoms with Gasteiger partial charge in [0, 0.05) is 25.1 Å². The van der Waals surface area contributed by atoms with Crippen molar-refractivity contribution in [2.75, 3.05) is 19.7 Å². The molecule has 0 aromatic heterocycles. The van der Waals surface area contributed by atoms with Gasteiger partial charge in [-0.3, -0.25) is 4.79 Å². The first-order valence-corrected chi connectivity index (χ1v) is 7.64. The molecule has 0 saturated carbocycles. The molecule has 1 fully saturated rings. The Balaban J connectivity index is 1.66. The minimum absolute atomic E-state index is 0.00640. The number of hydrogen-bond acceptors (Lipinski definition) is 3. The van der Waals surface area contributed by atoms with Crippen molar-refractivity contribution in [1.82, 2.24) is 10.6 Å². The van der Waals surface area contributed by atoms with Gasteiger partial charge in [-0.2, -0.15) is 0 Å². The number of hydrogen-bond donors (Lipinski definition) is 2. The van der Waals surface area contributed by atoms with Gasteiger partial charge in [0.15, 0.2) is 11.6 Å². The highest BCUT2D eigenvalue weighted by atomic mass is 19.1. The van der Waals surface area contributed by atoms with Crippen molar-refractivity contribution in [3.63, 3.8) is 0 Å². The van der Waals surface area contributed by atoms with E-state index in [1.165, 1.54) is 6.07 Å². The van der Waals surface area contributed by atoms with Crippen LogP contribution in [0.15, 0.2) is 18.2 Å². The number of rotatable bonds is 6. The molecule has 1 aromatic rings. The highest BCUT2D eigenvalue weighted by Gasteiger charge is 2.22. The highest BCUT2D eigenvalue weighted by molar-refractivity contribution is 5.76. The molecule has 0 bridgehead atoms. The molecule has 0 radical (unpaired) electrons. The van der Waals surface area contributed by atoms with E-state index >= 15 is 0 Å². The van der Waals surface area contributed by atoms with E-state index in [0.29, 0.717) is 18.8 Å². The average Bonchev–Trinajstić information content (AvgIpc) is 2.48. The third kappa shape index (κ3) is 4.94. The van der Waals surface area contributed by atoms with E-state index in [1.807, 2.05) is 0 Å². The number of halogens is 2. The Morgan fingerprint density at radius 2 is 2.27 bits per heavy atom. The van der Waals surface area contributed by atoms with Crippen molar-refractivity contribution in [3.8, 4) is 5.75 Å². The summed E-state index contributed by atoms with van der Waals surface area (Å²) in [5.74, 6) is -0.920. The fourth-order valence-corrected chi connectivity index (χ4v) is 2.47. The van der Waals surface area contributed by atoms with Crippen LogP contribution < -0.4 is 15.4 Å². The van der Waals surface area contributed by atoms with Gasteiger partial charge < -0.3 is 15.4 Å². The third-order valence-corrected chi connectivity index (χ3v) is 3.87.